The summed E-state index contributed by atoms with van der Waals surface area (Å²) in [6, 6.07) is 0. The number of rotatable bonds is 3. The quantitative estimate of drug-likeness (QED) is 0.640. The van der Waals surface area contributed by atoms with Crippen LogP contribution in [0.1, 0.15) is 51.4 Å². The van der Waals surface area contributed by atoms with Crippen molar-refractivity contribution in [2.75, 3.05) is 5.33 Å². The molecule has 0 aromatic carbocycles. The first-order valence-corrected chi connectivity index (χ1v) is 6.53. The van der Waals surface area contributed by atoms with Crippen molar-refractivity contribution in [3.05, 3.63) is 0 Å². The Morgan fingerprint density at radius 3 is 2.17 bits per heavy atom. The molecule has 0 aromatic heterocycles. The highest BCUT2D eigenvalue weighted by molar-refractivity contribution is 9.09. The van der Waals surface area contributed by atoms with Crippen LogP contribution < -0.4 is 0 Å². The molecular weight excluding hydrogens is 212 g/mol. The maximum Gasteiger partial charge on any atom is 0.00880 e. The van der Waals surface area contributed by atoms with Crippen LogP contribution in [0.5, 0.6) is 0 Å². The highest BCUT2D eigenvalue weighted by atomic mass is 79.9. The molecule has 2 aliphatic carbocycles. The van der Waals surface area contributed by atoms with Gasteiger partial charge in [-0.3, -0.25) is 0 Å². The molecule has 0 unspecified atom stereocenters. The van der Waals surface area contributed by atoms with Gasteiger partial charge >= 0.3 is 0 Å². The summed E-state index contributed by atoms with van der Waals surface area (Å²) in [4.78, 5) is 0. The lowest BCUT2D eigenvalue weighted by Gasteiger charge is -2.42. The van der Waals surface area contributed by atoms with Crippen molar-refractivity contribution in [3.8, 4) is 0 Å². The van der Waals surface area contributed by atoms with Gasteiger partial charge in [0, 0.05) is 5.33 Å². The van der Waals surface area contributed by atoms with Crippen LogP contribution in [0, 0.1) is 11.3 Å². The van der Waals surface area contributed by atoms with E-state index < -0.39 is 0 Å². The van der Waals surface area contributed by atoms with E-state index in [1.807, 2.05) is 0 Å². The summed E-state index contributed by atoms with van der Waals surface area (Å²) in [6.07, 6.45) is 12.1. The lowest BCUT2D eigenvalue weighted by atomic mass is 9.65. The zero-order chi connectivity index (χ0) is 8.44. The smallest absolute Gasteiger partial charge is 0.00880 e. The van der Waals surface area contributed by atoms with E-state index in [1.165, 1.54) is 56.7 Å². The molecule has 1 heteroatoms. The first-order chi connectivity index (χ1) is 5.85. The fourth-order valence-electron chi connectivity index (χ4n) is 2.90. The molecule has 0 amide bonds. The molecule has 0 aliphatic heterocycles. The molecule has 0 nitrogen and oxygen atoms in total. The second-order valence-corrected chi connectivity index (χ2v) is 5.40. The Balaban J connectivity index is 1.83. The SMILES string of the molecule is BrCC1(CC2CCCC2)CCC1. The molecule has 0 bridgehead atoms. The van der Waals surface area contributed by atoms with Crippen LogP contribution in [0.4, 0.5) is 0 Å². The average Bonchev–Trinajstić information content (AvgIpc) is 2.49. The maximum atomic E-state index is 3.69. The minimum Gasteiger partial charge on any atom is -0.0922 e. The van der Waals surface area contributed by atoms with E-state index >= 15 is 0 Å². The fraction of sp³-hybridized carbons (Fsp3) is 1.00. The predicted octanol–water partition coefficient (Wildman–Crippen LogP) is 4.13. The second kappa shape index (κ2) is 3.69. The van der Waals surface area contributed by atoms with Crippen molar-refractivity contribution in [3.63, 3.8) is 0 Å². The summed E-state index contributed by atoms with van der Waals surface area (Å²) in [6.45, 7) is 0. The Morgan fingerprint density at radius 1 is 1.08 bits per heavy atom. The standard InChI is InChI=1S/C11H19Br/c12-9-11(6-3-7-11)8-10-4-1-2-5-10/h10H,1-9H2. The van der Waals surface area contributed by atoms with Crippen LogP contribution in [-0.2, 0) is 0 Å². The van der Waals surface area contributed by atoms with Gasteiger partial charge in [0.25, 0.3) is 0 Å². The Bertz CT molecular complexity index is 138. The average molecular weight is 231 g/mol. The second-order valence-electron chi connectivity index (χ2n) is 4.84. The van der Waals surface area contributed by atoms with E-state index in [2.05, 4.69) is 15.9 Å². The van der Waals surface area contributed by atoms with Crippen molar-refractivity contribution in [2.24, 2.45) is 11.3 Å². The fourth-order valence-corrected chi connectivity index (χ4v) is 3.69. The zero-order valence-corrected chi connectivity index (χ0v) is 9.41. The van der Waals surface area contributed by atoms with Gasteiger partial charge in [0.1, 0.15) is 0 Å². The molecule has 2 saturated carbocycles. The normalized spacial score (nSPS) is 28.8. The van der Waals surface area contributed by atoms with Crippen LogP contribution in [0.15, 0.2) is 0 Å². The number of alkyl halides is 1. The van der Waals surface area contributed by atoms with E-state index in [0.29, 0.717) is 0 Å². The first kappa shape index (κ1) is 9.05. The Labute approximate surface area is 84.2 Å². The van der Waals surface area contributed by atoms with E-state index in [1.54, 1.807) is 0 Å². The first-order valence-electron chi connectivity index (χ1n) is 5.41. The molecule has 0 N–H and O–H groups in total. The van der Waals surface area contributed by atoms with Crippen molar-refractivity contribution >= 4 is 15.9 Å². The lowest BCUT2D eigenvalue weighted by Crippen LogP contribution is -2.32. The van der Waals surface area contributed by atoms with Gasteiger partial charge in [0.15, 0.2) is 0 Å². The van der Waals surface area contributed by atoms with Gasteiger partial charge in [-0.1, -0.05) is 48.0 Å². The summed E-state index contributed by atoms with van der Waals surface area (Å²) in [5.41, 5.74) is 0.745. The van der Waals surface area contributed by atoms with Crippen molar-refractivity contribution in [1.29, 1.82) is 0 Å². The molecule has 2 rings (SSSR count). The van der Waals surface area contributed by atoms with Gasteiger partial charge in [-0.05, 0) is 30.6 Å². The number of halogens is 1. The molecular formula is C11H19Br. The van der Waals surface area contributed by atoms with Crippen molar-refractivity contribution in [1.82, 2.24) is 0 Å². The van der Waals surface area contributed by atoms with Crippen LogP contribution in [-0.4, -0.2) is 5.33 Å². The Morgan fingerprint density at radius 2 is 1.75 bits per heavy atom. The number of hydrogen-bond acceptors (Lipinski definition) is 0. The highest BCUT2D eigenvalue weighted by Gasteiger charge is 2.38. The molecule has 0 radical (unpaired) electrons. The highest BCUT2D eigenvalue weighted by Crippen LogP contribution is 2.49. The molecule has 12 heavy (non-hydrogen) atoms. The summed E-state index contributed by atoms with van der Waals surface area (Å²) in [7, 11) is 0. The van der Waals surface area contributed by atoms with Gasteiger partial charge in [-0.25, -0.2) is 0 Å². The third-order valence-corrected chi connectivity index (χ3v) is 5.08. The Hall–Kier alpha value is 0.480. The molecule has 0 atom stereocenters. The largest absolute Gasteiger partial charge is 0.0922 e. The third kappa shape index (κ3) is 1.71. The molecule has 2 aliphatic rings. The summed E-state index contributed by atoms with van der Waals surface area (Å²) in [5.74, 6) is 1.09. The van der Waals surface area contributed by atoms with Crippen molar-refractivity contribution in [2.45, 2.75) is 51.4 Å². The topological polar surface area (TPSA) is 0 Å². The minimum absolute atomic E-state index is 0.745. The van der Waals surface area contributed by atoms with Crippen LogP contribution in [0.25, 0.3) is 0 Å². The van der Waals surface area contributed by atoms with Gasteiger partial charge < -0.3 is 0 Å². The van der Waals surface area contributed by atoms with E-state index in [0.717, 1.165) is 11.3 Å². The van der Waals surface area contributed by atoms with Gasteiger partial charge in [0.05, 0.1) is 0 Å². The third-order valence-electron chi connectivity index (χ3n) is 3.89. The maximum absolute atomic E-state index is 3.69. The molecule has 2 fully saturated rings. The lowest BCUT2D eigenvalue weighted by molar-refractivity contribution is 0.126. The van der Waals surface area contributed by atoms with E-state index in [4.69, 9.17) is 0 Å². The van der Waals surface area contributed by atoms with Gasteiger partial charge in [0.2, 0.25) is 0 Å². The van der Waals surface area contributed by atoms with Crippen LogP contribution >= 0.6 is 15.9 Å². The predicted molar refractivity (Wildman–Crippen MR) is 56.7 cm³/mol. The summed E-state index contributed by atoms with van der Waals surface area (Å²) < 4.78 is 0. The number of hydrogen-bond donors (Lipinski definition) is 0. The summed E-state index contributed by atoms with van der Waals surface area (Å²) in [5, 5.41) is 1.26. The minimum atomic E-state index is 0.745. The van der Waals surface area contributed by atoms with E-state index in [9.17, 15) is 0 Å². The molecule has 0 saturated heterocycles. The van der Waals surface area contributed by atoms with Gasteiger partial charge in [-0.15, -0.1) is 0 Å². The molecule has 70 valence electrons. The Kier molecular flexibility index (Phi) is 2.78. The molecule has 0 spiro atoms. The van der Waals surface area contributed by atoms with Gasteiger partial charge in [-0.2, -0.15) is 0 Å². The molecule has 0 aromatic rings. The van der Waals surface area contributed by atoms with Crippen LogP contribution in [0.2, 0.25) is 0 Å². The summed E-state index contributed by atoms with van der Waals surface area (Å²) >= 11 is 3.69. The monoisotopic (exact) mass is 230 g/mol. The van der Waals surface area contributed by atoms with Crippen molar-refractivity contribution < 1.29 is 0 Å². The van der Waals surface area contributed by atoms with Crippen LogP contribution in [0.3, 0.4) is 0 Å². The van der Waals surface area contributed by atoms with E-state index in [-0.39, 0.29) is 0 Å². The zero-order valence-electron chi connectivity index (χ0n) is 7.82. The molecule has 0 heterocycles.